The third-order valence-electron chi connectivity index (χ3n) is 2.64. The van der Waals surface area contributed by atoms with E-state index in [2.05, 4.69) is 0 Å². The molecule has 1 atom stereocenters. The smallest absolute Gasteiger partial charge is 0.125 e. The number of benzene rings is 1. The lowest BCUT2D eigenvalue weighted by molar-refractivity contribution is 0.0162. The lowest BCUT2D eigenvalue weighted by Gasteiger charge is -2.16. The van der Waals surface area contributed by atoms with Gasteiger partial charge in [-0.25, -0.2) is 0 Å². The first-order valence-corrected chi connectivity index (χ1v) is 6.18. The van der Waals surface area contributed by atoms with Crippen LogP contribution in [0.2, 0.25) is 0 Å². The van der Waals surface area contributed by atoms with Gasteiger partial charge in [-0.05, 0) is 37.5 Å². The molecular weight excluding hydrogens is 232 g/mol. The van der Waals surface area contributed by atoms with E-state index < -0.39 is 6.10 Å². The zero-order chi connectivity index (χ0) is 13.5. The van der Waals surface area contributed by atoms with Crippen molar-refractivity contribution < 1.29 is 19.7 Å². The maximum absolute atomic E-state index is 9.63. The van der Waals surface area contributed by atoms with E-state index in [0.717, 1.165) is 22.4 Å². The molecule has 1 rings (SSSR count). The van der Waals surface area contributed by atoms with E-state index in [1.165, 1.54) is 0 Å². The van der Waals surface area contributed by atoms with Crippen molar-refractivity contribution in [2.75, 3.05) is 19.8 Å². The maximum Gasteiger partial charge on any atom is 0.125 e. The van der Waals surface area contributed by atoms with Crippen LogP contribution in [0.4, 0.5) is 0 Å². The molecule has 2 N–H and O–H groups in total. The average Bonchev–Trinajstić information content (AvgIpc) is 2.34. The molecule has 4 nitrogen and oxygen atoms in total. The first-order chi connectivity index (χ1) is 8.58. The maximum atomic E-state index is 9.63. The molecule has 0 bridgehead atoms. The minimum Gasteiger partial charge on any atom is -0.490 e. The van der Waals surface area contributed by atoms with Crippen LogP contribution in [0.3, 0.4) is 0 Å². The highest BCUT2D eigenvalue weighted by Gasteiger charge is 2.10. The highest BCUT2D eigenvalue weighted by Crippen LogP contribution is 2.25. The van der Waals surface area contributed by atoms with Gasteiger partial charge in [0.15, 0.2) is 0 Å². The Labute approximate surface area is 108 Å². The van der Waals surface area contributed by atoms with Crippen molar-refractivity contribution in [1.29, 1.82) is 0 Å². The third-order valence-corrected chi connectivity index (χ3v) is 2.64. The van der Waals surface area contributed by atoms with E-state index in [1.807, 2.05) is 32.9 Å². The molecule has 0 amide bonds. The fourth-order valence-corrected chi connectivity index (χ4v) is 1.84. The predicted molar refractivity (Wildman–Crippen MR) is 69.8 cm³/mol. The summed E-state index contributed by atoms with van der Waals surface area (Å²) in [5, 5.41) is 18.7. The number of ether oxygens (including phenoxy) is 2. The van der Waals surface area contributed by atoms with Gasteiger partial charge in [-0.15, -0.1) is 0 Å². The van der Waals surface area contributed by atoms with Crippen LogP contribution in [-0.4, -0.2) is 36.1 Å². The molecule has 0 fully saturated rings. The van der Waals surface area contributed by atoms with Crippen molar-refractivity contribution in [3.05, 3.63) is 28.8 Å². The second-order valence-electron chi connectivity index (χ2n) is 4.34. The molecule has 0 saturated heterocycles. The van der Waals surface area contributed by atoms with E-state index in [0.29, 0.717) is 6.61 Å². The van der Waals surface area contributed by atoms with Crippen LogP contribution in [0.25, 0.3) is 0 Å². The van der Waals surface area contributed by atoms with Crippen LogP contribution >= 0.6 is 0 Å². The van der Waals surface area contributed by atoms with Gasteiger partial charge < -0.3 is 19.7 Å². The minimum atomic E-state index is -0.624. The Kier molecular flexibility index (Phi) is 6.12. The Morgan fingerprint density at radius 2 is 1.78 bits per heavy atom. The number of rotatable bonds is 7. The van der Waals surface area contributed by atoms with Gasteiger partial charge in [-0.2, -0.15) is 0 Å². The highest BCUT2D eigenvalue weighted by atomic mass is 16.5. The first-order valence-electron chi connectivity index (χ1n) is 6.18. The van der Waals surface area contributed by atoms with Crippen molar-refractivity contribution >= 4 is 0 Å². The van der Waals surface area contributed by atoms with E-state index >= 15 is 0 Å². The molecule has 0 radical (unpaired) electrons. The van der Waals surface area contributed by atoms with Crippen molar-refractivity contribution in [2.45, 2.75) is 33.5 Å². The summed E-state index contributed by atoms with van der Waals surface area (Å²) in [6.07, 6.45) is -0.624. The Hall–Kier alpha value is -1.10. The van der Waals surface area contributed by atoms with E-state index in [-0.39, 0.29) is 19.8 Å². The van der Waals surface area contributed by atoms with Gasteiger partial charge in [-0.3, -0.25) is 0 Å². The second-order valence-corrected chi connectivity index (χ2v) is 4.34. The third kappa shape index (κ3) is 4.29. The zero-order valence-electron chi connectivity index (χ0n) is 11.3. The Balaban J connectivity index is 2.62. The summed E-state index contributed by atoms with van der Waals surface area (Å²) in [4.78, 5) is 0. The van der Waals surface area contributed by atoms with E-state index in [1.54, 1.807) is 0 Å². The molecule has 1 aromatic carbocycles. The van der Waals surface area contributed by atoms with Gasteiger partial charge in [0.1, 0.15) is 18.5 Å². The van der Waals surface area contributed by atoms with Gasteiger partial charge in [0, 0.05) is 6.61 Å². The van der Waals surface area contributed by atoms with Gasteiger partial charge in [0.05, 0.1) is 13.2 Å². The molecular formula is C14H22O4. The van der Waals surface area contributed by atoms with E-state index in [4.69, 9.17) is 14.6 Å². The van der Waals surface area contributed by atoms with Gasteiger partial charge in [-0.1, -0.05) is 12.1 Å². The van der Waals surface area contributed by atoms with Crippen molar-refractivity contribution in [2.24, 2.45) is 0 Å². The average molecular weight is 254 g/mol. The zero-order valence-corrected chi connectivity index (χ0v) is 11.3. The van der Waals surface area contributed by atoms with Gasteiger partial charge in [0.2, 0.25) is 0 Å². The molecule has 0 aromatic heterocycles. The number of hydrogen-bond acceptors (Lipinski definition) is 4. The minimum absolute atomic E-state index is 0.0227. The largest absolute Gasteiger partial charge is 0.490 e. The van der Waals surface area contributed by atoms with Crippen molar-refractivity contribution in [3.8, 4) is 5.75 Å². The summed E-state index contributed by atoms with van der Waals surface area (Å²) in [5.74, 6) is 0.766. The first kappa shape index (κ1) is 15.0. The molecule has 0 aliphatic rings. The fraction of sp³-hybridized carbons (Fsp3) is 0.571. The normalized spacial score (nSPS) is 12.5. The number of hydrogen-bond donors (Lipinski definition) is 2. The standard InChI is InChI=1S/C14H22O4/c1-4-17-8-13(16)9-18-14-10(2)5-12(7-15)6-11(14)3/h5-6,13,15-16H,4,7-9H2,1-3H3. The molecule has 0 saturated carbocycles. The van der Waals surface area contributed by atoms with Crippen LogP contribution < -0.4 is 4.74 Å². The number of aliphatic hydroxyl groups excluding tert-OH is 2. The summed E-state index contributed by atoms with van der Waals surface area (Å²) in [6, 6.07) is 3.77. The summed E-state index contributed by atoms with van der Waals surface area (Å²) >= 11 is 0. The van der Waals surface area contributed by atoms with Gasteiger partial charge in [0.25, 0.3) is 0 Å². The summed E-state index contributed by atoms with van der Waals surface area (Å²) < 4.78 is 10.7. The van der Waals surface area contributed by atoms with Crippen LogP contribution in [-0.2, 0) is 11.3 Å². The number of aliphatic hydroxyl groups is 2. The molecule has 0 spiro atoms. The molecule has 1 unspecified atom stereocenters. The Morgan fingerprint density at radius 1 is 1.17 bits per heavy atom. The molecule has 102 valence electrons. The number of aryl methyl sites for hydroxylation is 2. The molecule has 0 aliphatic carbocycles. The Morgan fingerprint density at radius 3 is 2.28 bits per heavy atom. The summed E-state index contributed by atoms with van der Waals surface area (Å²) in [5.41, 5.74) is 2.79. The fourth-order valence-electron chi connectivity index (χ4n) is 1.84. The SMILES string of the molecule is CCOCC(O)COc1c(C)cc(CO)cc1C. The molecule has 18 heavy (non-hydrogen) atoms. The lowest BCUT2D eigenvalue weighted by Crippen LogP contribution is -2.23. The monoisotopic (exact) mass is 254 g/mol. The summed E-state index contributed by atoms with van der Waals surface area (Å²) in [7, 11) is 0. The molecule has 4 heteroatoms. The van der Waals surface area contributed by atoms with Crippen molar-refractivity contribution in [3.63, 3.8) is 0 Å². The van der Waals surface area contributed by atoms with Crippen molar-refractivity contribution in [1.82, 2.24) is 0 Å². The van der Waals surface area contributed by atoms with Crippen LogP contribution in [0.1, 0.15) is 23.6 Å². The quantitative estimate of drug-likeness (QED) is 0.775. The Bertz CT molecular complexity index is 353. The molecule has 0 heterocycles. The van der Waals surface area contributed by atoms with Crippen LogP contribution in [0, 0.1) is 13.8 Å². The highest BCUT2D eigenvalue weighted by molar-refractivity contribution is 5.43. The topological polar surface area (TPSA) is 58.9 Å². The predicted octanol–water partition coefficient (Wildman–Crippen LogP) is 1.57. The molecule has 0 aliphatic heterocycles. The van der Waals surface area contributed by atoms with Gasteiger partial charge >= 0.3 is 0 Å². The summed E-state index contributed by atoms with van der Waals surface area (Å²) in [6.45, 7) is 6.83. The van der Waals surface area contributed by atoms with E-state index in [9.17, 15) is 5.11 Å². The van der Waals surface area contributed by atoms with Crippen LogP contribution in [0.15, 0.2) is 12.1 Å². The lowest BCUT2D eigenvalue weighted by atomic mass is 10.1. The molecule has 1 aromatic rings. The second kappa shape index (κ2) is 7.36. The van der Waals surface area contributed by atoms with Crippen LogP contribution in [0.5, 0.6) is 5.75 Å².